The maximum atomic E-state index is 5.55. The van der Waals surface area contributed by atoms with Crippen molar-refractivity contribution in [2.45, 2.75) is 6.04 Å². The molecule has 60 valence electrons. The van der Waals surface area contributed by atoms with E-state index in [2.05, 4.69) is 17.1 Å². The standard InChI is InChI=1S/C10H10N2/c1-12-7-10(11-8-12)9-5-3-2-4-6-9/h1-6,8,10H,7H2. The second-order valence-corrected chi connectivity index (χ2v) is 2.89. The molecule has 2 rings (SSSR count). The summed E-state index contributed by atoms with van der Waals surface area (Å²) in [6, 6.07) is 10.4. The molecule has 0 aliphatic carbocycles. The van der Waals surface area contributed by atoms with Gasteiger partial charge in [0.1, 0.15) is 0 Å². The average molecular weight is 158 g/mol. The van der Waals surface area contributed by atoms with E-state index in [9.17, 15) is 0 Å². The maximum absolute atomic E-state index is 5.55. The van der Waals surface area contributed by atoms with Crippen LogP contribution in [0.25, 0.3) is 0 Å². The maximum Gasteiger partial charge on any atom is 0.0941 e. The van der Waals surface area contributed by atoms with Gasteiger partial charge in [-0.25, -0.2) is 0 Å². The highest BCUT2D eigenvalue weighted by atomic mass is 15.2. The third-order valence-corrected chi connectivity index (χ3v) is 1.96. The Morgan fingerprint density at radius 3 is 2.67 bits per heavy atom. The number of benzene rings is 1. The zero-order valence-corrected chi connectivity index (χ0v) is 6.72. The summed E-state index contributed by atoms with van der Waals surface area (Å²) < 4.78 is 0. The monoisotopic (exact) mass is 158 g/mol. The summed E-state index contributed by atoms with van der Waals surface area (Å²) in [6.07, 6.45) is 1.68. The van der Waals surface area contributed by atoms with Crippen molar-refractivity contribution < 1.29 is 0 Å². The SMILES string of the molecule is [CH]N1C=NC(c2ccccc2)C1. The van der Waals surface area contributed by atoms with Crippen molar-refractivity contribution >= 4 is 6.34 Å². The summed E-state index contributed by atoms with van der Waals surface area (Å²) in [5.74, 6) is 0. The molecule has 0 spiro atoms. The van der Waals surface area contributed by atoms with Crippen LogP contribution in [0.3, 0.4) is 0 Å². The van der Waals surface area contributed by atoms with Gasteiger partial charge in [0.05, 0.1) is 19.4 Å². The lowest BCUT2D eigenvalue weighted by Gasteiger charge is -2.09. The number of hydrogen-bond donors (Lipinski definition) is 0. The van der Waals surface area contributed by atoms with Gasteiger partial charge in [-0.1, -0.05) is 30.3 Å². The van der Waals surface area contributed by atoms with Gasteiger partial charge in [0, 0.05) is 6.54 Å². The first-order valence-electron chi connectivity index (χ1n) is 3.96. The van der Waals surface area contributed by atoms with Gasteiger partial charge in [-0.3, -0.25) is 4.99 Å². The van der Waals surface area contributed by atoms with Crippen molar-refractivity contribution in [3.63, 3.8) is 0 Å². The highest BCUT2D eigenvalue weighted by Crippen LogP contribution is 2.20. The van der Waals surface area contributed by atoms with E-state index < -0.39 is 0 Å². The molecule has 1 atom stereocenters. The molecule has 0 aromatic heterocycles. The molecule has 1 heterocycles. The average Bonchev–Trinajstić information content (AvgIpc) is 2.54. The highest BCUT2D eigenvalue weighted by Gasteiger charge is 2.15. The van der Waals surface area contributed by atoms with Crippen LogP contribution in [0.5, 0.6) is 0 Å². The van der Waals surface area contributed by atoms with Gasteiger partial charge < -0.3 is 4.90 Å². The van der Waals surface area contributed by atoms with Crippen molar-refractivity contribution in [3.8, 4) is 0 Å². The molecule has 0 fully saturated rings. The molecule has 2 heteroatoms. The summed E-state index contributed by atoms with van der Waals surface area (Å²) >= 11 is 0. The zero-order valence-electron chi connectivity index (χ0n) is 6.72. The summed E-state index contributed by atoms with van der Waals surface area (Å²) in [6.45, 7) is 0.782. The summed E-state index contributed by atoms with van der Waals surface area (Å²) in [5.41, 5.74) is 1.22. The van der Waals surface area contributed by atoms with E-state index in [0.717, 1.165) is 6.54 Å². The lowest BCUT2D eigenvalue weighted by atomic mass is 10.1. The van der Waals surface area contributed by atoms with Crippen LogP contribution >= 0.6 is 0 Å². The van der Waals surface area contributed by atoms with Crippen LogP contribution in [-0.4, -0.2) is 17.8 Å². The Bertz CT molecular complexity index is 279. The quantitative estimate of drug-likeness (QED) is 0.607. The van der Waals surface area contributed by atoms with Crippen LogP contribution in [-0.2, 0) is 0 Å². The van der Waals surface area contributed by atoms with Crippen molar-refractivity contribution in [3.05, 3.63) is 42.9 Å². The van der Waals surface area contributed by atoms with E-state index in [1.165, 1.54) is 5.56 Å². The van der Waals surface area contributed by atoms with E-state index in [1.54, 1.807) is 11.2 Å². The van der Waals surface area contributed by atoms with Crippen molar-refractivity contribution in [2.24, 2.45) is 4.99 Å². The van der Waals surface area contributed by atoms with Gasteiger partial charge in [-0.05, 0) is 5.56 Å². The molecule has 2 radical (unpaired) electrons. The van der Waals surface area contributed by atoms with Crippen LogP contribution in [0.4, 0.5) is 0 Å². The third-order valence-electron chi connectivity index (χ3n) is 1.96. The molecule has 0 saturated heterocycles. The molecule has 1 aromatic rings. The Hall–Kier alpha value is -1.31. The Morgan fingerprint density at radius 1 is 1.33 bits per heavy atom. The van der Waals surface area contributed by atoms with E-state index in [4.69, 9.17) is 7.05 Å². The van der Waals surface area contributed by atoms with Crippen LogP contribution < -0.4 is 0 Å². The number of rotatable bonds is 1. The van der Waals surface area contributed by atoms with Crippen LogP contribution in [0.15, 0.2) is 35.3 Å². The fraction of sp³-hybridized carbons (Fsp3) is 0.200. The van der Waals surface area contributed by atoms with Gasteiger partial charge in [-0.2, -0.15) is 0 Å². The van der Waals surface area contributed by atoms with Crippen molar-refractivity contribution in [1.29, 1.82) is 0 Å². The van der Waals surface area contributed by atoms with Gasteiger partial charge in [0.15, 0.2) is 0 Å². The molecule has 0 bridgehead atoms. The fourth-order valence-electron chi connectivity index (χ4n) is 1.33. The van der Waals surface area contributed by atoms with E-state index in [-0.39, 0.29) is 6.04 Å². The number of hydrogen-bond acceptors (Lipinski definition) is 2. The molecule has 1 aliphatic heterocycles. The van der Waals surface area contributed by atoms with E-state index >= 15 is 0 Å². The van der Waals surface area contributed by atoms with Gasteiger partial charge in [-0.15, -0.1) is 0 Å². The Kier molecular flexibility index (Phi) is 1.82. The van der Waals surface area contributed by atoms with Gasteiger partial charge in [0.2, 0.25) is 0 Å². The summed E-state index contributed by atoms with van der Waals surface area (Å²) in [5, 5.41) is 0. The van der Waals surface area contributed by atoms with E-state index in [1.807, 2.05) is 18.2 Å². The smallest absolute Gasteiger partial charge is 0.0941 e. The molecule has 2 nitrogen and oxygen atoms in total. The molecule has 0 saturated carbocycles. The molecule has 0 N–H and O–H groups in total. The van der Waals surface area contributed by atoms with Crippen LogP contribution in [0.2, 0.25) is 0 Å². The first-order valence-corrected chi connectivity index (χ1v) is 3.96. The zero-order chi connectivity index (χ0) is 8.39. The minimum atomic E-state index is 0.219. The molecular weight excluding hydrogens is 148 g/mol. The topological polar surface area (TPSA) is 15.6 Å². The first kappa shape index (κ1) is 7.35. The van der Waals surface area contributed by atoms with Gasteiger partial charge >= 0.3 is 0 Å². The van der Waals surface area contributed by atoms with Crippen molar-refractivity contribution in [1.82, 2.24) is 4.90 Å². The Morgan fingerprint density at radius 2 is 2.08 bits per heavy atom. The number of aliphatic imine (C=N–C) groups is 1. The largest absolute Gasteiger partial charge is 0.353 e. The third kappa shape index (κ3) is 1.33. The molecule has 1 aromatic carbocycles. The predicted molar refractivity (Wildman–Crippen MR) is 48.7 cm³/mol. The first-order chi connectivity index (χ1) is 5.86. The molecule has 1 unspecified atom stereocenters. The molecule has 12 heavy (non-hydrogen) atoms. The number of nitrogens with zero attached hydrogens (tertiary/aromatic N) is 2. The van der Waals surface area contributed by atoms with Crippen LogP contribution in [0, 0.1) is 7.05 Å². The van der Waals surface area contributed by atoms with Crippen LogP contribution in [0.1, 0.15) is 11.6 Å². The molecular formula is C10H10N2. The second-order valence-electron chi connectivity index (χ2n) is 2.89. The molecule has 1 aliphatic rings. The van der Waals surface area contributed by atoms with Gasteiger partial charge in [0.25, 0.3) is 0 Å². The van der Waals surface area contributed by atoms with E-state index in [0.29, 0.717) is 0 Å². The van der Waals surface area contributed by atoms with Crippen molar-refractivity contribution in [2.75, 3.05) is 6.54 Å². The Labute approximate surface area is 72.5 Å². The fourth-order valence-corrected chi connectivity index (χ4v) is 1.33. The minimum Gasteiger partial charge on any atom is -0.353 e. The highest BCUT2D eigenvalue weighted by molar-refractivity contribution is 5.58. The predicted octanol–water partition coefficient (Wildman–Crippen LogP) is 1.74. The lowest BCUT2D eigenvalue weighted by molar-refractivity contribution is 0.553. The normalized spacial score (nSPS) is 21.8. The summed E-state index contributed by atoms with van der Waals surface area (Å²) in [7, 11) is 5.55. The molecule has 0 amide bonds. The minimum absolute atomic E-state index is 0.219. The lowest BCUT2D eigenvalue weighted by Crippen LogP contribution is -2.11. The summed E-state index contributed by atoms with van der Waals surface area (Å²) in [4.78, 5) is 5.87. The second kappa shape index (κ2) is 2.97. The Balaban J connectivity index is 2.18.